The van der Waals surface area contributed by atoms with Crippen molar-refractivity contribution in [3.05, 3.63) is 35.9 Å². The maximum atomic E-state index is 10.9. The first-order chi connectivity index (χ1) is 11.4. The van der Waals surface area contributed by atoms with E-state index in [-0.39, 0.29) is 18.2 Å². The van der Waals surface area contributed by atoms with Crippen LogP contribution in [0.5, 0.6) is 0 Å². The third-order valence-electron chi connectivity index (χ3n) is 3.87. The molecule has 0 radical (unpaired) electrons. The lowest BCUT2D eigenvalue weighted by molar-refractivity contribution is -0.302. The van der Waals surface area contributed by atoms with Crippen molar-refractivity contribution in [2.45, 2.75) is 64.6 Å². The minimum Gasteiger partial charge on any atom is -0.466 e. The number of hydrogen-bond donors (Lipinski definition) is 0. The summed E-state index contributed by atoms with van der Waals surface area (Å²) in [5.41, 5.74) is 1.17. The van der Waals surface area contributed by atoms with Crippen molar-refractivity contribution in [1.82, 2.24) is 0 Å². The van der Waals surface area contributed by atoms with E-state index in [1.54, 1.807) is 0 Å². The van der Waals surface area contributed by atoms with E-state index >= 15 is 0 Å². The summed E-state index contributed by atoms with van der Waals surface area (Å²) in [7, 11) is 0. The summed E-state index contributed by atoms with van der Waals surface area (Å²) in [5.74, 6) is -0.879. The number of hydrogen-bond acceptors (Lipinski definition) is 5. The standard InChI is InChI=1S/C19H28O5/c1-15(20)22-12-10-18-13-17(23-19(2,3)24-18)9-11-21-14-16-7-5-4-6-8-16/h4-8,17-18H,9-14H2,1-3H3/t17-,18+/m0/s1. The van der Waals surface area contributed by atoms with Crippen molar-refractivity contribution < 1.29 is 23.7 Å². The Morgan fingerprint density at radius 1 is 1.12 bits per heavy atom. The van der Waals surface area contributed by atoms with Gasteiger partial charge < -0.3 is 18.9 Å². The van der Waals surface area contributed by atoms with Crippen molar-refractivity contribution in [2.24, 2.45) is 0 Å². The largest absolute Gasteiger partial charge is 0.466 e. The number of ether oxygens (including phenoxy) is 4. The van der Waals surface area contributed by atoms with Gasteiger partial charge in [-0.05, 0) is 25.8 Å². The van der Waals surface area contributed by atoms with Crippen molar-refractivity contribution >= 4 is 5.97 Å². The van der Waals surface area contributed by atoms with E-state index in [1.165, 1.54) is 12.5 Å². The topological polar surface area (TPSA) is 54.0 Å². The van der Waals surface area contributed by atoms with Crippen LogP contribution in [0.25, 0.3) is 0 Å². The van der Waals surface area contributed by atoms with Gasteiger partial charge >= 0.3 is 5.97 Å². The minimum absolute atomic E-state index is 0.0345. The van der Waals surface area contributed by atoms with Gasteiger partial charge in [0, 0.05) is 26.4 Å². The Hall–Kier alpha value is -1.43. The van der Waals surface area contributed by atoms with E-state index in [0.717, 1.165) is 12.8 Å². The van der Waals surface area contributed by atoms with Crippen LogP contribution in [0.1, 0.15) is 45.6 Å². The van der Waals surface area contributed by atoms with Crippen LogP contribution in [-0.2, 0) is 30.3 Å². The molecule has 0 aromatic heterocycles. The smallest absolute Gasteiger partial charge is 0.302 e. The maximum Gasteiger partial charge on any atom is 0.302 e. The summed E-state index contributed by atoms with van der Waals surface area (Å²) >= 11 is 0. The fourth-order valence-corrected chi connectivity index (χ4v) is 2.89. The zero-order chi connectivity index (χ0) is 17.4. The summed E-state index contributed by atoms with van der Waals surface area (Å²) in [6.07, 6.45) is 2.43. The number of carbonyl (C=O) groups is 1. The average molecular weight is 336 g/mol. The van der Waals surface area contributed by atoms with Crippen LogP contribution in [0.15, 0.2) is 30.3 Å². The molecule has 1 fully saturated rings. The first-order valence-electron chi connectivity index (χ1n) is 8.55. The van der Waals surface area contributed by atoms with E-state index in [9.17, 15) is 4.79 Å². The van der Waals surface area contributed by atoms with Crippen molar-refractivity contribution in [3.8, 4) is 0 Å². The van der Waals surface area contributed by atoms with E-state index in [4.69, 9.17) is 18.9 Å². The normalized spacial score (nSPS) is 23.0. The highest BCUT2D eigenvalue weighted by molar-refractivity contribution is 5.65. The second-order valence-electron chi connectivity index (χ2n) is 6.57. The molecule has 1 aliphatic heterocycles. The van der Waals surface area contributed by atoms with Gasteiger partial charge in [0.05, 0.1) is 25.4 Å². The summed E-state index contributed by atoms with van der Waals surface area (Å²) in [5, 5.41) is 0. The van der Waals surface area contributed by atoms with E-state index in [1.807, 2.05) is 32.0 Å². The van der Waals surface area contributed by atoms with Crippen molar-refractivity contribution in [1.29, 1.82) is 0 Å². The molecule has 1 aliphatic rings. The average Bonchev–Trinajstić information content (AvgIpc) is 2.51. The van der Waals surface area contributed by atoms with Crippen LogP contribution in [0.2, 0.25) is 0 Å². The Kier molecular flexibility index (Phi) is 7.21. The first kappa shape index (κ1) is 18.9. The molecule has 2 atom stereocenters. The molecule has 1 aromatic rings. The van der Waals surface area contributed by atoms with Gasteiger partial charge in [0.1, 0.15) is 0 Å². The maximum absolute atomic E-state index is 10.9. The second kappa shape index (κ2) is 9.16. The molecule has 1 heterocycles. The van der Waals surface area contributed by atoms with Crippen LogP contribution in [0.3, 0.4) is 0 Å². The van der Waals surface area contributed by atoms with Crippen LogP contribution in [0.4, 0.5) is 0 Å². The molecule has 0 saturated carbocycles. The van der Waals surface area contributed by atoms with Gasteiger partial charge in [0.15, 0.2) is 5.79 Å². The van der Waals surface area contributed by atoms with E-state index < -0.39 is 5.79 Å². The summed E-state index contributed by atoms with van der Waals surface area (Å²) in [6, 6.07) is 10.1. The van der Waals surface area contributed by atoms with Gasteiger partial charge in [0.25, 0.3) is 0 Å². The molecule has 24 heavy (non-hydrogen) atoms. The predicted octanol–water partition coefficient (Wildman–Crippen LogP) is 3.46. The number of carbonyl (C=O) groups excluding carboxylic acids is 1. The van der Waals surface area contributed by atoms with Gasteiger partial charge in [-0.15, -0.1) is 0 Å². The number of esters is 1. The zero-order valence-electron chi connectivity index (χ0n) is 14.8. The monoisotopic (exact) mass is 336 g/mol. The molecular weight excluding hydrogens is 308 g/mol. The van der Waals surface area contributed by atoms with Crippen LogP contribution < -0.4 is 0 Å². The molecule has 2 rings (SSSR count). The SMILES string of the molecule is CC(=O)OCC[C@@H]1C[C@H](CCOCc2ccccc2)OC(C)(C)O1. The molecule has 0 amide bonds. The quantitative estimate of drug-likeness (QED) is 0.537. The molecule has 5 nitrogen and oxygen atoms in total. The van der Waals surface area contributed by atoms with Crippen molar-refractivity contribution in [3.63, 3.8) is 0 Å². The van der Waals surface area contributed by atoms with E-state index in [0.29, 0.717) is 26.2 Å². The molecule has 0 bridgehead atoms. The Labute approximate surface area is 144 Å². The molecular formula is C19H28O5. The van der Waals surface area contributed by atoms with Gasteiger partial charge in [-0.3, -0.25) is 4.79 Å². The Morgan fingerprint density at radius 2 is 1.75 bits per heavy atom. The highest BCUT2D eigenvalue weighted by Gasteiger charge is 2.35. The molecule has 1 saturated heterocycles. The molecule has 5 heteroatoms. The lowest BCUT2D eigenvalue weighted by Gasteiger charge is -2.41. The van der Waals surface area contributed by atoms with Crippen molar-refractivity contribution in [2.75, 3.05) is 13.2 Å². The summed E-state index contributed by atoms with van der Waals surface area (Å²) in [4.78, 5) is 10.9. The molecule has 0 unspecified atom stereocenters. The highest BCUT2D eigenvalue weighted by atomic mass is 16.7. The second-order valence-corrected chi connectivity index (χ2v) is 6.57. The lowest BCUT2D eigenvalue weighted by atomic mass is 10.0. The molecule has 0 aliphatic carbocycles. The summed E-state index contributed by atoms with van der Waals surface area (Å²) < 4.78 is 22.6. The van der Waals surface area contributed by atoms with Gasteiger partial charge in [-0.25, -0.2) is 0 Å². The van der Waals surface area contributed by atoms with Crippen LogP contribution >= 0.6 is 0 Å². The Morgan fingerprint density at radius 3 is 2.38 bits per heavy atom. The molecule has 0 N–H and O–H groups in total. The Balaban J connectivity index is 1.71. The van der Waals surface area contributed by atoms with Gasteiger partial charge in [0.2, 0.25) is 0 Å². The fourth-order valence-electron chi connectivity index (χ4n) is 2.89. The predicted molar refractivity (Wildman–Crippen MR) is 90.4 cm³/mol. The highest BCUT2D eigenvalue weighted by Crippen LogP contribution is 2.29. The first-order valence-corrected chi connectivity index (χ1v) is 8.55. The molecule has 134 valence electrons. The Bertz CT molecular complexity index is 500. The zero-order valence-corrected chi connectivity index (χ0v) is 14.8. The molecule has 1 aromatic carbocycles. The number of rotatable bonds is 8. The van der Waals surface area contributed by atoms with Gasteiger partial charge in [-0.2, -0.15) is 0 Å². The van der Waals surface area contributed by atoms with Gasteiger partial charge in [-0.1, -0.05) is 30.3 Å². The van der Waals surface area contributed by atoms with Crippen LogP contribution in [-0.4, -0.2) is 37.2 Å². The van der Waals surface area contributed by atoms with E-state index in [2.05, 4.69) is 12.1 Å². The molecule has 0 spiro atoms. The number of benzene rings is 1. The summed E-state index contributed by atoms with van der Waals surface area (Å²) in [6.45, 7) is 6.90. The third-order valence-corrected chi connectivity index (χ3v) is 3.87. The third kappa shape index (κ3) is 6.99. The van der Waals surface area contributed by atoms with Crippen LogP contribution in [0, 0.1) is 0 Å². The minimum atomic E-state index is -0.622. The lowest BCUT2D eigenvalue weighted by Crippen LogP contribution is -2.45. The fraction of sp³-hybridized carbons (Fsp3) is 0.632.